The quantitative estimate of drug-likeness (QED) is 0.473. The molecule has 2 nitrogen and oxygen atoms in total. The van der Waals surface area contributed by atoms with Gasteiger partial charge in [0.05, 0.1) is 5.02 Å². The maximum absolute atomic E-state index is 13.3. The average Bonchev–Trinajstić information content (AvgIpc) is 2.63. The van der Waals surface area contributed by atoms with Crippen molar-refractivity contribution in [3.05, 3.63) is 92.7 Å². The molecule has 3 rings (SSSR count). The SMILES string of the molecule is Fc1ccc(NCc2ccccc2OCc2c(Cl)cccc2Cl)cc1Cl. The number of nitrogens with one attached hydrogen (secondary N) is 1. The van der Waals surface area contributed by atoms with Crippen molar-refractivity contribution in [3.63, 3.8) is 0 Å². The number of anilines is 1. The van der Waals surface area contributed by atoms with Crippen LogP contribution >= 0.6 is 34.8 Å². The maximum Gasteiger partial charge on any atom is 0.141 e. The van der Waals surface area contributed by atoms with Crippen LogP contribution in [0.4, 0.5) is 10.1 Å². The van der Waals surface area contributed by atoms with Gasteiger partial charge in [-0.05, 0) is 36.4 Å². The number of rotatable bonds is 6. The van der Waals surface area contributed by atoms with E-state index >= 15 is 0 Å². The standard InChI is InChI=1S/C20H15Cl3FNO/c21-16-5-3-6-17(22)15(16)12-26-20-7-2-1-4-13(20)11-25-14-8-9-19(24)18(23)10-14/h1-10,25H,11-12H2. The van der Waals surface area contributed by atoms with E-state index in [0.717, 1.165) is 16.8 Å². The summed E-state index contributed by atoms with van der Waals surface area (Å²) in [6, 6.07) is 17.5. The lowest BCUT2D eigenvalue weighted by molar-refractivity contribution is 0.303. The summed E-state index contributed by atoms with van der Waals surface area (Å²) in [6.45, 7) is 0.756. The van der Waals surface area contributed by atoms with Gasteiger partial charge in [-0.2, -0.15) is 0 Å². The lowest BCUT2D eigenvalue weighted by atomic mass is 10.2. The smallest absolute Gasteiger partial charge is 0.141 e. The zero-order valence-electron chi connectivity index (χ0n) is 13.6. The zero-order valence-corrected chi connectivity index (χ0v) is 15.9. The molecule has 3 aromatic carbocycles. The highest BCUT2D eigenvalue weighted by atomic mass is 35.5. The van der Waals surface area contributed by atoms with Gasteiger partial charge in [0.15, 0.2) is 0 Å². The van der Waals surface area contributed by atoms with E-state index in [0.29, 0.717) is 22.3 Å². The molecule has 0 fully saturated rings. The van der Waals surface area contributed by atoms with E-state index in [1.54, 1.807) is 30.3 Å². The monoisotopic (exact) mass is 409 g/mol. The van der Waals surface area contributed by atoms with Crippen LogP contribution in [0.15, 0.2) is 60.7 Å². The minimum Gasteiger partial charge on any atom is -0.488 e. The zero-order chi connectivity index (χ0) is 18.5. The van der Waals surface area contributed by atoms with E-state index in [9.17, 15) is 4.39 Å². The van der Waals surface area contributed by atoms with Gasteiger partial charge >= 0.3 is 0 Å². The maximum atomic E-state index is 13.3. The molecule has 0 unspecified atom stereocenters. The topological polar surface area (TPSA) is 21.3 Å². The Kier molecular flexibility index (Phi) is 6.25. The van der Waals surface area contributed by atoms with E-state index in [2.05, 4.69) is 5.32 Å². The number of ether oxygens (including phenoxy) is 1. The van der Waals surface area contributed by atoms with Crippen molar-refractivity contribution in [1.29, 1.82) is 0 Å². The molecule has 134 valence electrons. The highest BCUT2D eigenvalue weighted by molar-refractivity contribution is 6.36. The molecule has 0 aliphatic heterocycles. The number of hydrogen-bond acceptors (Lipinski definition) is 2. The first-order valence-electron chi connectivity index (χ1n) is 7.87. The van der Waals surface area contributed by atoms with Gasteiger partial charge in [0.2, 0.25) is 0 Å². The Balaban J connectivity index is 1.71. The van der Waals surface area contributed by atoms with Crippen molar-refractivity contribution in [2.75, 3.05) is 5.32 Å². The van der Waals surface area contributed by atoms with Crippen molar-refractivity contribution in [2.24, 2.45) is 0 Å². The van der Waals surface area contributed by atoms with Crippen LogP contribution in [0.25, 0.3) is 0 Å². The second-order valence-electron chi connectivity index (χ2n) is 5.58. The molecule has 0 radical (unpaired) electrons. The third-order valence-corrected chi connectivity index (χ3v) is 4.81. The van der Waals surface area contributed by atoms with Gasteiger partial charge in [-0.15, -0.1) is 0 Å². The van der Waals surface area contributed by atoms with Gasteiger partial charge in [-0.1, -0.05) is 59.1 Å². The molecule has 0 aliphatic rings. The molecule has 0 spiro atoms. The number of para-hydroxylation sites is 1. The second kappa shape index (κ2) is 8.63. The Bertz CT molecular complexity index is 897. The van der Waals surface area contributed by atoms with Gasteiger partial charge in [0.25, 0.3) is 0 Å². The lowest BCUT2D eigenvalue weighted by Gasteiger charge is -2.14. The number of halogens is 4. The van der Waals surface area contributed by atoms with Gasteiger partial charge < -0.3 is 10.1 Å². The van der Waals surface area contributed by atoms with E-state index in [1.165, 1.54) is 6.07 Å². The van der Waals surface area contributed by atoms with Crippen LogP contribution in [0.2, 0.25) is 15.1 Å². The van der Waals surface area contributed by atoms with Crippen molar-refractivity contribution in [2.45, 2.75) is 13.2 Å². The predicted octanol–water partition coefficient (Wildman–Crippen LogP) is 6.98. The molecule has 0 heterocycles. The molecule has 26 heavy (non-hydrogen) atoms. The lowest BCUT2D eigenvalue weighted by Crippen LogP contribution is -2.04. The summed E-state index contributed by atoms with van der Waals surface area (Å²) < 4.78 is 19.2. The van der Waals surface area contributed by atoms with Crippen LogP contribution in [0.1, 0.15) is 11.1 Å². The summed E-state index contributed by atoms with van der Waals surface area (Å²) in [7, 11) is 0. The molecule has 0 aromatic heterocycles. The Labute approximate surface area is 166 Å². The van der Waals surface area contributed by atoms with Crippen molar-refractivity contribution in [3.8, 4) is 5.75 Å². The van der Waals surface area contributed by atoms with E-state index in [-0.39, 0.29) is 11.6 Å². The summed E-state index contributed by atoms with van der Waals surface area (Å²) in [6.07, 6.45) is 0. The average molecular weight is 411 g/mol. The van der Waals surface area contributed by atoms with Crippen LogP contribution in [0.5, 0.6) is 5.75 Å². The molecule has 0 saturated carbocycles. The summed E-state index contributed by atoms with van der Waals surface area (Å²) in [5, 5.41) is 4.41. The Hall–Kier alpha value is -1.94. The molecule has 0 bridgehead atoms. The first-order valence-corrected chi connectivity index (χ1v) is 9.00. The van der Waals surface area contributed by atoms with E-state index in [4.69, 9.17) is 39.5 Å². The predicted molar refractivity (Wildman–Crippen MR) is 106 cm³/mol. The fourth-order valence-corrected chi connectivity index (χ4v) is 3.10. The third-order valence-electron chi connectivity index (χ3n) is 3.81. The van der Waals surface area contributed by atoms with Crippen LogP contribution in [-0.2, 0) is 13.2 Å². The van der Waals surface area contributed by atoms with Gasteiger partial charge in [-0.3, -0.25) is 0 Å². The summed E-state index contributed by atoms with van der Waals surface area (Å²) in [5.41, 5.74) is 2.40. The third kappa shape index (κ3) is 4.61. The fourth-order valence-electron chi connectivity index (χ4n) is 2.41. The molecule has 0 aliphatic carbocycles. The molecular weight excluding hydrogens is 396 g/mol. The van der Waals surface area contributed by atoms with Crippen molar-refractivity contribution >= 4 is 40.5 Å². The van der Waals surface area contributed by atoms with Crippen molar-refractivity contribution < 1.29 is 9.13 Å². The first-order chi connectivity index (χ1) is 12.5. The minimum absolute atomic E-state index is 0.0768. The van der Waals surface area contributed by atoms with Gasteiger partial charge in [0.1, 0.15) is 18.2 Å². The van der Waals surface area contributed by atoms with Crippen molar-refractivity contribution in [1.82, 2.24) is 0 Å². The summed E-state index contributed by atoms with van der Waals surface area (Å²) in [5.74, 6) is 0.266. The number of benzene rings is 3. The minimum atomic E-state index is -0.447. The summed E-state index contributed by atoms with van der Waals surface area (Å²) >= 11 is 18.2. The Morgan fingerprint density at radius 1 is 0.846 bits per heavy atom. The van der Waals surface area contributed by atoms with E-state index in [1.807, 2.05) is 24.3 Å². The van der Waals surface area contributed by atoms with E-state index < -0.39 is 5.82 Å². The second-order valence-corrected chi connectivity index (χ2v) is 6.80. The number of hydrogen-bond donors (Lipinski definition) is 1. The van der Waals surface area contributed by atoms with Crippen LogP contribution in [-0.4, -0.2) is 0 Å². The molecule has 1 N–H and O–H groups in total. The molecule has 6 heteroatoms. The van der Waals surface area contributed by atoms with Crippen LogP contribution in [0, 0.1) is 5.82 Å². The van der Waals surface area contributed by atoms with Gasteiger partial charge in [0, 0.05) is 33.4 Å². The largest absolute Gasteiger partial charge is 0.488 e. The molecular formula is C20H15Cl3FNO. The van der Waals surface area contributed by atoms with Crippen LogP contribution in [0.3, 0.4) is 0 Å². The Morgan fingerprint density at radius 3 is 2.31 bits per heavy atom. The molecule has 0 amide bonds. The normalized spacial score (nSPS) is 10.6. The molecule has 3 aromatic rings. The Morgan fingerprint density at radius 2 is 1.58 bits per heavy atom. The first kappa shape index (κ1) is 18.8. The fraction of sp³-hybridized carbons (Fsp3) is 0.100. The molecule has 0 saturated heterocycles. The highest BCUT2D eigenvalue weighted by Crippen LogP contribution is 2.27. The summed E-state index contributed by atoms with van der Waals surface area (Å²) in [4.78, 5) is 0. The van der Waals surface area contributed by atoms with Crippen LogP contribution < -0.4 is 10.1 Å². The highest BCUT2D eigenvalue weighted by Gasteiger charge is 2.09. The molecule has 0 atom stereocenters. The van der Waals surface area contributed by atoms with Gasteiger partial charge in [-0.25, -0.2) is 4.39 Å².